The Bertz CT molecular complexity index is 578. The van der Waals surface area contributed by atoms with Crippen molar-refractivity contribution in [1.82, 2.24) is 4.72 Å². The molecular weight excluding hydrogens is 302 g/mol. The summed E-state index contributed by atoms with van der Waals surface area (Å²) in [7, 11) is -7.63. The zero-order valence-corrected chi connectivity index (χ0v) is 11.3. The van der Waals surface area contributed by atoms with Crippen LogP contribution in [0.25, 0.3) is 0 Å². The number of carbonyl (C=O) groups is 2. The summed E-state index contributed by atoms with van der Waals surface area (Å²) in [6.45, 7) is 0. The van der Waals surface area contributed by atoms with Crippen LogP contribution >= 0.6 is 0 Å². The fourth-order valence-electron chi connectivity index (χ4n) is 1.65. The number of rotatable bonds is 6. The predicted molar refractivity (Wildman–Crippen MR) is 62.8 cm³/mol. The molecule has 1 saturated heterocycles. The molecule has 0 aliphatic carbocycles. The first kappa shape index (κ1) is 15.9. The van der Waals surface area contributed by atoms with Crippen LogP contribution in [0.15, 0.2) is 0 Å². The van der Waals surface area contributed by atoms with E-state index in [1.54, 1.807) is 4.72 Å². The summed E-state index contributed by atoms with van der Waals surface area (Å²) in [5.41, 5.74) is 0. The lowest BCUT2D eigenvalue weighted by molar-refractivity contribution is -0.145. The smallest absolute Gasteiger partial charge is 0.322 e. The lowest BCUT2D eigenvalue weighted by atomic mass is 10.2. The van der Waals surface area contributed by atoms with Gasteiger partial charge >= 0.3 is 11.9 Å². The van der Waals surface area contributed by atoms with E-state index in [1.165, 1.54) is 0 Å². The van der Waals surface area contributed by atoms with E-state index < -0.39 is 55.3 Å². The molecule has 110 valence electrons. The van der Waals surface area contributed by atoms with Crippen LogP contribution in [0.5, 0.6) is 0 Å². The Labute approximate surface area is 109 Å². The molecule has 1 heterocycles. The van der Waals surface area contributed by atoms with Gasteiger partial charge in [-0.05, 0) is 6.42 Å². The normalized spacial score (nSPS) is 23.9. The van der Waals surface area contributed by atoms with Crippen molar-refractivity contribution in [2.75, 3.05) is 11.5 Å². The summed E-state index contributed by atoms with van der Waals surface area (Å²) in [5.74, 6) is -3.97. The first-order valence-electron chi connectivity index (χ1n) is 5.19. The maximum absolute atomic E-state index is 11.8. The van der Waals surface area contributed by atoms with Crippen LogP contribution in [-0.4, -0.2) is 61.8 Å². The first-order valence-corrected chi connectivity index (χ1v) is 8.56. The lowest BCUT2D eigenvalue weighted by Gasteiger charge is -2.16. The van der Waals surface area contributed by atoms with Crippen LogP contribution < -0.4 is 4.72 Å². The van der Waals surface area contributed by atoms with Gasteiger partial charge in [-0.2, -0.15) is 0 Å². The highest BCUT2D eigenvalue weighted by Crippen LogP contribution is 2.18. The third kappa shape index (κ3) is 4.44. The molecule has 0 bridgehead atoms. The molecular formula is C8H13NO8S2. The molecule has 19 heavy (non-hydrogen) atoms. The van der Waals surface area contributed by atoms with Crippen LogP contribution in [0, 0.1) is 0 Å². The zero-order valence-electron chi connectivity index (χ0n) is 9.64. The summed E-state index contributed by atoms with van der Waals surface area (Å²) in [5, 5.41) is 16.0. The predicted octanol–water partition coefficient (Wildman–Crippen LogP) is -1.98. The molecule has 0 spiro atoms. The van der Waals surface area contributed by atoms with Crippen LogP contribution in [0.4, 0.5) is 0 Å². The molecule has 0 aromatic carbocycles. The summed E-state index contributed by atoms with van der Waals surface area (Å²) in [6, 6.07) is -1.81. The highest BCUT2D eigenvalue weighted by atomic mass is 32.2. The van der Waals surface area contributed by atoms with Crippen molar-refractivity contribution in [2.45, 2.75) is 24.1 Å². The van der Waals surface area contributed by atoms with Gasteiger partial charge in [-0.1, -0.05) is 0 Å². The van der Waals surface area contributed by atoms with E-state index in [4.69, 9.17) is 10.2 Å². The van der Waals surface area contributed by atoms with E-state index in [1.807, 2.05) is 0 Å². The topological polar surface area (TPSA) is 155 Å². The largest absolute Gasteiger partial charge is 0.481 e. The number of hydrogen-bond acceptors (Lipinski definition) is 6. The Balaban J connectivity index is 2.83. The van der Waals surface area contributed by atoms with Gasteiger partial charge in [0, 0.05) is 0 Å². The maximum atomic E-state index is 11.8. The van der Waals surface area contributed by atoms with Crippen molar-refractivity contribution in [1.29, 1.82) is 0 Å². The molecule has 0 saturated carbocycles. The van der Waals surface area contributed by atoms with E-state index in [2.05, 4.69) is 0 Å². The highest BCUT2D eigenvalue weighted by Gasteiger charge is 2.39. The van der Waals surface area contributed by atoms with Crippen molar-refractivity contribution in [2.24, 2.45) is 0 Å². The molecule has 0 aromatic heterocycles. The van der Waals surface area contributed by atoms with Crippen molar-refractivity contribution in [3.63, 3.8) is 0 Å². The number of hydrogen-bond donors (Lipinski definition) is 3. The minimum Gasteiger partial charge on any atom is -0.481 e. The lowest BCUT2D eigenvalue weighted by Crippen LogP contribution is -2.46. The van der Waals surface area contributed by atoms with Crippen molar-refractivity contribution in [3.8, 4) is 0 Å². The maximum Gasteiger partial charge on any atom is 0.322 e. The Morgan fingerprint density at radius 2 is 1.89 bits per heavy atom. The Morgan fingerprint density at radius 1 is 1.32 bits per heavy atom. The second-order valence-corrected chi connectivity index (χ2v) is 8.40. The molecule has 0 amide bonds. The molecule has 1 aliphatic heterocycles. The van der Waals surface area contributed by atoms with E-state index >= 15 is 0 Å². The van der Waals surface area contributed by atoms with Crippen LogP contribution in [0.1, 0.15) is 12.8 Å². The van der Waals surface area contributed by atoms with Crippen LogP contribution in [0.3, 0.4) is 0 Å². The third-order valence-electron chi connectivity index (χ3n) is 2.61. The summed E-state index contributed by atoms with van der Waals surface area (Å²) < 4.78 is 47.7. The average molecular weight is 315 g/mol. The summed E-state index contributed by atoms with van der Waals surface area (Å²) >= 11 is 0. The van der Waals surface area contributed by atoms with Gasteiger partial charge in [0.25, 0.3) is 0 Å². The molecule has 2 atom stereocenters. The Morgan fingerprint density at radius 3 is 2.26 bits per heavy atom. The molecule has 1 rings (SSSR count). The number of carboxylic acid groups (broad SMARTS) is 2. The number of sulfone groups is 1. The SMILES string of the molecule is O=C(O)C[C@@H](NS(=O)(=O)C1CCS(=O)(=O)C1)C(=O)O. The molecule has 1 unspecified atom stereocenters. The second-order valence-electron chi connectivity index (χ2n) is 4.18. The Kier molecular flexibility index (Phi) is 4.53. The van der Waals surface area contributed by atoms with Crippen molar-refractivity contribution in [3.05, 3.63) is 0 Å². The fraction of sp³-hybridized carbons (Fsp3) is 0.750. The van der Waals surface area contributed by atoms with Gasteiger partial charge in [0.15, 0.2) is 9.84 Å². The molecule has 3 N–H and O–H groups in total. The number of nitrogens with one attached hydrogen (secondary N) is 1. The minimum atomic E-state index is -4.19. The fourth-order valence-corrected chi connectivity index (χ4v) is 5.89. The highest BCUT2D eigenvalue weighted by molar-refractivity contribution is 7.95. The van der Waals surface area contributed by atoms with Gasteiger partial charge in [0.2, 0.25) is 10.0 Å². The van der Waals surface area contributed by atoms with Crippen LogP contribution in [-0.2, 0) is 29.4 Å². The molecule has 9 nitrogen and oxygen atoms in total. The van der Waals surface area contributed by atoms with E-state index in [-0.39, 0.29) is 12.2 Å². The van der Waals surface area contributed by atoms with Gasteiger partial charge in [-0.15, -0.1) is 0 Å². The Hall–Kier alpha value is -1.20. The molecule has 1 fully saturated rings. The van der Waals surface area contributed by atoms with Gasteiger partial charge in [-0.3, -0.25) is 9.59 Å². The molecule has 11 heteroatoms. The van der Waals surface area contributed by atoms with E-state index in [9.17, 15) is 26.4 Å². The average Bonchev–Trinajstić information content (AvgIpc) is 2.57. The first-order chi connectivity index (χ1) is 8.53. The number of aliphatic carboxylic acids is 2. The quantitative estimate of drug-likeness (QED) is 0.509. The van der Waals surface area contributed by atoms with Crippen molar-refractivity contribution < 1.29 is 36.6 Å². The van der Waals surface area contributed by atoms with Gasteiger partial charge in [-0.25, -0.2) is 21.6 Å². The van der Waals surface area contributed by atoms with Gasteiger partial charge in [0.1, 0.15) is 6.04 Å². The minimum absolute atomic E-state index is 0.128. The molecule has 0 aromatic rings. The van der Waals surface area contributed by atoms with Gasteiger partial charge < -0.3 is 10.2 Å². The van der Waals surface area contributed by atoms with Crippen LogP contribution in [0.2, 0.25) is 0 Å². The van der Waals surface area contributed by atoms with Crippen molar-refractivity contribution >= 4 is 31.8 Å². The number of carboxylic acids is 2. The van der Waals surface area contributed by atoms with E-state index in [0.29, 0.717) is 0 Å². The standard InChI is InChI=1S/C8H13NO8S2/c10-7(11)3-6(8(12)13)9-19(16,17)5-1-2-18(14,15)4-5/h5-6,9H,1-4H2,(H,10,11)(H,12,13)/t5?,6-/m1/s1. The molecule has 1 aliphatic rings. The second kappa shape index (κ2) is 5.43. The van der Waals surface area contributed by atoms with E-state index in [0.717, 1.165) is 0 Å². The van der Waals surface area contributed by atoms with Gasteiger partial charge in [0.05, 0.1) is 23.2 Å². The summed E-state index contributed by atoms with van der Waals surface area (Å²) in [6.07, 6.45) is -1.05. The third-order valence-corrected chi connectivity index (χ3v) is 6.48. The zero-order chi connectivity index (χ0) is 14.8. The monoisotopic (exact) mass is 315 g/mol. The number of sulfonamides is 1. The summed E-state index contributed by atoms with van der Waals surface area (Å²) in [4.78, 5) is 21.2. The molecule has 0 radical (unpaired) electrons.